The molecule has 1 aromatic heterocycles. The lowest BCUT2D eigenvalue weighted by Crippen LogP contribution is -2.16. The van der Waals surface area contributed by atoms with Crippen LogP contribution in [-0.4, -0.2) is 10.2 Å². The molecule has 0 aliphatic rings. The van der Waals surface area contributed by atoms with Crippen molar-refractivity contribution >= 4 is 0 Å². The Morgan fingerprint density at radius 2 is 2.00 bits per heavy atom. The number of aromatic nitrogens is 2. The SMILES string of the molecule is Cc1cccc(-c2nnc(C(N)C(C)C)o2)c1. The molecule has 0 amide bonds. The van der Waals surface area contributed by atoms with E-state index < -0.39 is 0 Å². The molecule has 2 rings (SSSR count). The van der Waals surface area contributed by atoms with Gasteiger partial charge < -0.3 is 10.2 Å². The second-order valence-electron chi connectivity index (χ2n) is 4.58. The van der Waals surface area contributed by atoms with Crippen molar-refractivity contribution in [2.75, 3.05) is 0 Å². The normalized spacial score (nSPS) is 13.0. The first-order valence-corrected chi connectivity index (χ1v) is 5.74. The van der Waals surface area contributed by atoms with Crippen LogP contribution in [0.5, 0.6) is 0 Å². The van der Waals surface area contributed by atoms with Crippen molar-refractivity contribution in [3.8, 4) is 11.5 Å². The summed E-state index contributed by atoms with van der Waals surface area (Å²) in [5, 5.41) is 8.04. The largest absolute Gasteiger partial charge is 0.419 e. The van der Waals surface area contributed by atoms with Gasteiger partial charge in [-0.05, 0) is 25.0 Å². The van der Waals surface area contributed by atoms with E-state index in [1.165, 1.54) is 0 Å². The Morgan fingerprint density at radius 3 is 2.65 bits per heavy atom. The van der Waals surface area contributed by atoms with E-state index in [0.29, 0.717) is 11.8 Å². The number of nitrogens with zero attached hydrogens (tertiary/aromatic N) is 2. The average molecular weight is 231 g/mol. The fraction of sp³-hybridized carbons (Fsp3) is 0.385. The highest BCUT2D eigenvalue weighted by atomic mass is 16.4. The fourth-order valence-corrected chi connectivity index (χ4v) is 1.55. The summed E-state index contributed by atoms with van der Waals surface area (Å²) in [4.78, 5) is 0. The number of aryl methyl sites for hydroxylation is 1. The Labute approximate surface area is 101 Å². The molecule has 1 heterocycles. The Hall–Kier alpha value is -1.68. The van der Waals surface area contributed by atoms with Crippen molar-refractivity contribution in [3.05, 3.63) is 35.7 Å². The molecule has 90 valence electrons. The molecule has 0 saturated carbocycles. The Morgan fingerprint density at radius 1 is 1.24 bits per heavy atom. The van der Waals surface area contributed by atoms with E-state index in [0.717, 1.165) is 11.1 Å². The lowest BCUT2D eigenvalue weighted by molar-refractivity contribution is 0.394. The summed E-state index contributed by atoms with van der Waals surface area (Å²) >= 11 is 0. The van der Waals surface area contributed by atoms with Gasteiger partial charge in [-0.1, -0.05) is 31.5 Å². The molecular formula is C13H17N3O. The third-order valence-electron chi connectivity index (χ3n) is 2.71. The fourth-order valence-electron chi connectivity index (χ4n) is 1.55. The Kier molecular flexibility index (Phi) is 3.24. The third-order valence-corrected chi connectivity index (χ3v) is 2.71. The zero-order chi connectivity index (χ0) is 12.4. The number of nitrogens with two attached hydrogens (primary N) is 1. The molecule has 4 heteroatoms. The first-order chi connectivity index (χ1) is 8.08. The first kappa shape index (κ1) is 11.8. The zero-order valence-electron chi connectivity index (χ0n) is 10.3. The van der Waals surface area contributed by atoms with Crippen LogP contribution in [0.15, 0.2) is 28.7 Å². The molecule has 1 aromatic carbocycles. The van der Waals surface area contributed by atoms with Gasteiger partial charge >= 0.3 is 0 Å². The van der Waals surface area contributed by atoms with E-state index in [9.17, 15) is 0 Å². The van der Waals surface area contributed by atoms with Gasteiger partial charge in [0.15, 0.2) is 0 Å². The van der Waals surface area contributed by atoms with Gasteiger partial charge in [-0.25, -0.2) is 0 Å². The van der Waals surface area contributed by atoms with E-state index >= 15 is 0 Å². The summed E-state index contributed by atoms with van der Waals surface area (Å²) in [6, 6.07) is 7.75. The molecule has 0 radical (unpaired) electrons. The summed E-state index contributed by atoms with van der Waals surface area (Å²) < 4.78 is 5.60. The van der Waals surface area contributed by atoms with Crippen LogP contribution in [0.25, 0.3) is 11.5 Å². The predicted octanol–water partition coefficient (Wildman–Crippen LogP) is 2.70. The summed E-state index contributed by atoms with van der Waals surface area (Å²) in [5.41, 5.74) is 8.06. The maximum Gasteiger partial charge on any atom is 0.247 e. The average Bonchev–Trinajstić information content (AvgIpc) is 2.77. The Balaban J connectivity index is 2.30. The van der Waals surface area contributed by atoms with Crippen LogP contribution in [0, 0.1) is 12.8 Å². The van der Waals surface area contributed by atoms with Crippen molar-refractivity contribution in [3.63, 3.8) is 0 Å². The number of hydrogen-bond donors (Lipinski definition) is 1. The molecule has 4 nitrogen and oxygen atoms in total. The van der Waals surface area contributed by atoms with E-state index in [1.54, 1.807) is 0 Å². The highest BCUT2D eigenvalue weighted by Gasteiger charge is 2.18. The molecular weight excluding hydrogens is 214 g/mol. The van der Waals surface area contributed by atoms with E-state index in [2.05, 4.69) is 10.2 Å². The van der Waals surface area contributed by atoms with Crippen molar-refractivity contribution in [1.82, 2.24) is 10.2 Å². The van der Waals surface area contributed by atoms with Crippen LogP contribution in [0.1, 0.15) is 31.3 Å². The quantitative estimate of drug-likeness (QED) is 0.882. The lowest BCUT2D eigenvalue weighted by Gasteiger charge is -2.09. The maximum atomic E-state index is 5.96. The van der Waals surface area contributed by atoms with Crippen molar-refractivity contribution in [2.24, 2.45) is 11.7 Å². The number of benzene rings is 1. The summed E-state index contributed by atoms with van der Waals surface area (Å²) in [7, 11) is 0. The van der Waals surface area contributed by atoms with Gasteiger partial charge in [0.2, 0.25) is 11.8 Å². The van der Waals surface area contributed by atoms with Gasteiger partial charge in [-0.3, -0.25) is 0 Å². The topological polar surface area (TPSA) is 64.9 Å². The molecule has 0 aliphatic heterocycles. The van der Waals surface area contributed by atoms with Crippen LogP contribution in [0.2, 0.25) is 0 Å². The molecule has 0 spiro atoms. The van der Waals surface area contributed by atoms with E-state index in [1.807, 2.05) is 45.0 Å². The Bertz CT molecular complexity index is 505. The van der Waals surface area contributed by atoms with E-state index in [-0.39, 0.29) is 12.0 Å². The standard InChI is InChI=1S/C13H17N3O/c1-8(2)11(14)13-16-15-12(17-13)10-6-4-5-9(3)7-10/h4-8,11H,14H2,1-3H3. The van der Waals surface area contributed by atoms with Crippen molar-refractivity contribution in [1.29, 1.82) is 0 Å². The summed E-state index contributed by atoms with van der Waals surface area (Å²) in [6.45, 7) is 6.09. The highest BCUT2D eigenvalue weighted by molar-refractivity contribution is 5.53. The molecule has 0 aliphatic carbocycles. The van der Waals surface area contributed by atoms with Crippen LogP contribution in [0.4, 0.5) is 0 Å². The first-order valence-electron chi connectivity index (χ1n) is 5.74. The number of rotatable bonds is 3. The smallest absolute Gasteiger partial charge is 0.247 e. The minimum absolute atomic E-state index is 0.207. The zero-order valence-corrected chi connectivity index (χ0v) is 10.3. The van der Waals surface area contributed by atoms with Crippen molar-refractivity contribution < 1.29 is 4.42 Å². The van der Waals surface area contributed by atoms with Gasteiger partial charge in [0.05, 0.1) is 6.04 Å². The predicted molar refractivity (Wildman–Crippen MR) is 66.2 cm³/mol. The van der Waals surface area contributed by atoms with Crippen LogP contribution < -0.4 is 5.73 Å². The van der Waals surface area contributed by atoms with Gasteiger partial charge in [-0.15, -0.1) is 10.2 Å². The lowest BCUT2D eigenvalue weighted by atomic mass is 10.1. The monoisotopic (exact) mass is 231 g/mol. The molecule has 1 atom stereocenters. The molecule has 17 heavy (non-hydrogen) atoms. The molecule has 0 fully saturated rings. The minimum Gasteiger partial charge on any atom is -0.419 e. The van der Waals surface area contributed by atoms with Gasteiger partial charge in [0.1, 0.15) is 0 Å². The van der Waals surface area contributed by atoms with Gasteiger partial charge in [0.25, 0.3) is 0 Å². The highest BCUT2D eigenvalue weighted by Crippen LogP contribution is 2.23. The van der Waals surface area contributed by atoms with Crippen LogP contribution >= 0.6 is 0 Å². The van der Waals surface area contributed by atoms with Gasteiger partial charge in [-0.2, -0.15) is 0 Å². The third kappa shape index (κ3) is 2.53. The van der Waals surface area contributed by atoms with Crippen molar-refractivity contribution in [2.45, 2.75) is 26.8 Å². The molecule has 0 saturated heterocycles. The second kappa shape index (κ2) is 4.67. The van der Waals surface area contributed by atoms with Gasteiger partial charge in [0, 0.05) is 5.56 Å². The molecule has 2 aromatic rings. The maximum absolute atomic E-state index is 5.96. The van der Waals surface area contributed by atoms with Crippen LogP contribution in [0.3, 0.4) is 0 Å². The number of hydrogen-bond acceptors (Lipinski definition) is 4. The minimum atomic E-state index is -0.207. The molecule has 1 unspecified atom stereocenters. The van der Waals surface area contributed by atoms with Crippen LogP contribution in [-0.2, 0) is 0 Å². The molecule has 2 N–H and O–H groups in total. The summed E-state index contributed by atoms with van der Waals surface area (Å²) in [6.07, 6.45) is 0. The summed E-state index contributed by atoms with van der Waals surface area (Å²) in [5.74, 6) is 1.30. The van der Waals surface area contributed by atoms with E-state index in [4.69, 9.17) is 10.2 Å². The molecule has 0 bridgehead atoms. The second-order valence-corrected chi connectivity index (χ2v) is 4.58.